The molecular formula is C26H26ClNO5. The Kier molecular flexibility index (Phi) is 8.33. The standard InChI is InChI=1S/C26H26ClNO5/c1-3-11-33-21-8-9-22(23(27)15-21)26(31)28-16-20-14-19(7-10-24(20)32-2)18-6-4-5-17(12-18)13-25(29)30/h4-10,12,14-15H,3,11,13,16H2,1-2H3,(H,28,31)(H,29,30). The number of methoxy groups -OCH3 is 1. The number of carboxylic acid groups (broad SMARTS) is 1. The van der Waals surface area contributed by atoms with Gasteiger partial charge in [0.05, 0.1) is 30.7 Å². The first-order valence-electron chi connectivity index (χ1n) is 10.6. The van der Waals surface area contributed by atoms with Gasteiger partial charge in [-0.2, -0.15) is 0 Å². The molecule has 6 nitrogen and oxygen atoms in total. The van der Waals surface area contributed by atoms with Crippen molar-refractivity contribution in [3.63, 3.8) is 0 Å². The molecule has 3 aromatic carbocycles. The third-order valence-corrected chi connectivity index (χ3v) is 5.31. The Hall–Kier alpha value is -3.51. The van der Waals surface area contributed by atoms with Gasteiger partial charge in [0.2, 0.25) is 0 Å². The second-order valence-electron chi connectivity index (χ2n) is 7.47. The average molecular weight is 468 g/mol. The Morgan fingerprint density at radius 2 is 1.82 bits per heavy atom. The fourth-order valence-corrected chi connectivity index (χ4v) is 3.65. The largest absolute Gasteiger partial charge is 0.496 e. The lowest BCUT2D eigenvalue weighted by Gasteiger charge is -2.13. The molecule has 3 aromatic rings. The molecule has 33 heavy (non-hydrogen) atoms. The number of hydrogen-bond donors (Lipinski definition) is 2. The lowest BCUT2D eigenvalue weighted by atomic mass is 9.99. The molecule has 2 N–H and O–H groups in total. The van der Waals surface area contributed by atoms with Crippen molar-refractivity contribution in [3.05, 3.63) is 82.4 Å². The minimum absolute atomic E-state index is 0.0457. The van der Waals surface area contributed by atoms with Crippen LogP contribution in [0, 0.1) is 0 Å². The zero-order valence-corrected chi connectivity index (χ0v) is 19.3. The van der Waals surface area contributed by atoms with Gasteiger partial charge in [0, 0.05) is 12.1 Å². The van der Waals surface area contributed by atoms with E-state index in [1.165, 1.54) is 0 Å². The summed E-state index contributed by atoms with van der Waals surface area (Å²) in [5.74, 6) is 0.0694. The number of nitrogens with one attached hydrogen (secondary N) is 1. The molecule has 0 aliphatic rings. The normalized spacial score (nSPS) is 10.5. The van der Waals surface area contributed by atoms with Crippen molar-refractivity contribution in [2.45, 2.75) is 26.3 Å². The van der Waals surface area contributed by atoms with Gasteiger partial charge in [0.25, 0.3) is 5.91 Å². The first kappa shape index (κ1) is 24.1. The van der Waals surface area contributed by atoms with Crippen LogP contribution in [0.1, 0.15) is 34.8 Å². The van der Waals surface area contributed by atoms with Crippen LogP contribution >= 0.6 is 11.6 Å². The number of rotatable bonds is 10. The molecule has 0 saturated heterocycles. The molecule has 7 heteroatoms. The monoisotopic (exact) mass is 467 g/mol. The van der Waals surface area contributed by atoms with E-state index in [2.05, 4.69) is 5.32 Å². The molecule has 0 spiro atoms. The molecule has 0 aliphatic carbocycles. The Balaban J connectivity index is 1.77. The van der Waals surface area contributed by atoms with E-state index in [0.29, 0.717) is 34.3 Å². The van der Waals surface area contributed by atoms with Crippen molar-refractivity contribution in [2.75, 3.05) is 13.7 Å². The summed E-state index contributed by atoms with van der Waals surface area (Å²) in [6.07, 6.45) is 0.834. The number of benzene rings is 3. The van der Waals surface area contributed by atoms with Crippen LogP contribution in [0.4, 0.5) is 0 Å². The summed E-state index contributed by atoms with van der Waals surface area (Å²) in [7, 11) is 1.57. The maximum atomic E-state index is 12.7. The van der Waals surface area contributed by atoms with Gasteiger partial charge in [-0.3, -0.25) is 9.59 Å². The maximum absolute atomic E-state index is 12.7. The number of carboxylic acids is 1. The average Bonchev–Trinajstić information content (AvgIpc) is 2.80. The fourth-order valence-electron chi connectivity index (χ4n) is 3.39. The van der Waals surface area contributed by atoms with Crippen LogP contribution in [0.3, 0.4) is 0 Å². The van der Waals surface area contributed by atoms with E-state index < -0.39 is 5.97 Å². The Labute approximate surface area is 198 Å². The predicted octanol–water partition coefficient (Wildman–Crippen LogP) is 5.36. The molecular weight excluding hydrogens is 442 g/mol. The lowest BCUT2D eigenvalue weighted by molar-refractivity contribution is -0.136. The summed E-state index contributed by atoms with van der Waals surface area (Å²) in [6, 6.07) is 18.0. The highest BCUT2D eigenvalue weighted by molar-refractivity contribution is 6.34. The van der Waals surface area contributed by atoms with Crippen LogP contribution in [-0.2, 0) is 17.8 Å². The van der Waals surface area contributed by atoms with E-state index in [0.717, 1.165) is 23.1 Å². The predicted molar refractivity (Wildman–Crippen MR) is 128 cm³/mol. The lowest BCUT2D eigenvalue weighted by Crippen LogP contribution is -2.23. The van der Waals surface area contributed by atoms with E-state index in [-0.39, 0.29) is 18.9 Å². The zero-order valence-electron chi connectivity index (χ0n) is 18.6. The van der Waals surface area contributed by atoms with Gasteiger partial charge in [-0.25, -0.2) is 0 Å². The molecule has 0 heterocycles. The topological polar surface area (TPSA) is 84.9 Å². The Bertz CT molecular complexity index is 1150. The molecule has 0 aromatic heterocycles. The van der Waals surface area contributed by atoms with Crippen LogP contribution in [0.25, 0.3) is 11.1 Å². The number of ether oxygens (including phenoxy) is 2. The summed E-state index contributed by atoms with van der Waals surface area (Å²) < 4.78 is 11.0. The highest BCUT2D eigenvalue weighted by Crippen LogP contribution is 2.28. The van der Waals surface area contributed by atoms with E-state index in [9.17, 15) is 9.59 Å². The number of aliphatic carboxylic acids is 1. The van der Waals surface area contributed by atoms with Crippen molar-refractivity contribution in [2.24, 2.45) is 0 Å². The molecule has 0 aliphatic heterocycles. The quantitative estimate of drug-likeness (QED) is 0.419. The van der Waals surface area contributed by atoms with Crippen molar-refractivity contribution < 1.29 is 24.2 Å². The summed E-state index contributed by atoms with van der Waals surface area (Å²) in [5, 5.41) is 12.3. The van der Waals surface area contributed by atoms with Gasteiger partial charge in [-0.05, 0) is 53.4 Å². The van der Waals surface area contributed by atoms with Crippen LogP contribution in [0.2, 0.25) is 5.02 Å². The first-order valence-corrected chi connectivity index (χ1v) is 11.0. The second-order valence-corrected chi connectivity index (χ2v) is 7.88. The fraction of sp³-hybridized carbons (Fsp3) is 0.231. The molecule has 172 valence electrons. The summed E-state index contributed by atoms with van der Waals surface area (Å²) in [6.45, 7) is 2.83. The summed E-state index contributed by atoms with van der Waals surface area (Å²) in [4.78, 5) is 23.8. The third-order valence-electron chi connectivity index (χ3n) is 4.99. The SMILES string of the molecule is CCCOc1ccc(C(=O)NCc2cc(-c3cccc(CC(=O)O)c3)ccc2OC)c(Cl)c1. The number of amides is 1. The third kappa shape index (κ3) is 6.49. The molecule has 0 atom stereocenters. The molecule has 0 unspecified atom stereocenters. The van der Waals surface area contributed by atoms with Crippen molar-refractivity contribution in [1.29, 1.82) is 0 Å². The van der Waals surface area contributed by atoms with Crippen molar-refractivity contribution in [3.8, 4) is 22.6 Å². The van der Waals surface area contributed by atoms with Crippen LogP contribution in [-0.4, -0.2) is 30.7 Å². The first-order chi connectivity index (χ1) is 15.9. The van der Waals surface area contributed by atoms with Crippen LogP contribution < -0.4 is 14.8 Å². The second kappa shape index (κ2) is 11.4. The van der Waals surface area contributed by atoms with Crippen molar-refractivity contribution in [1.82, 2.24) is 5.32 Å². The zero-order chi connectivity index (χ0) is 23.8. The van der Waals surface area contributed by atoms with Gasteiger partial charge in [-0.15, -0.1) is 0 Å². The molecule has 1 amide bonds. The van der Waals surface area contributed by atoms with Gasteiger partial charge < -0.3 is 19.9 Å². The molecule has 0 saturated carbocycles. The van der Waals surface area contributed by atoms with E-state index in [1.807, 2.05) is 43.3 Å². The number of halogens is 1. The Morgan fingerprint density at radius 3 is 2.52 bits per heavy atom. The maximum Gasteiger partial charge on any atom is 0.307 e. The minimum atomic E-state index is -0.881. The molecule has 0 fully saturated rings. The number of carbonyl (C=O) groups is 2. The van der Waals surface area contributed by atoms with Gasteiger partial charge in [0.15, 0.2) is 0 Å². The van der Waals surface area contributed by atoms with Gasteiger partial charge in [0.1, 0.15) is 11.5 Å². The van der Waals surface area contributed by atoms with Crippen molar-refractivity contribution >= 4 is 23.5 Å². The van der Waals surface area contributed by atoms with Gasteiger partial charge >= 0.3 is 5.97 Å². The summed E-state index contributed by atoms with van der Waals surface area (Å²) >= 11 is 6.29. The van der Waals surface area contributed by atoms with Crippen LogP contribution in [0.5, 0.6) is 11.5 Å². The molecule has 0 radical (unpaired) electrons. The van der Waals surface area contributed by atoms with Crippen LogP contribution in [0.15, 0.2) is 60.7 Å². The highest BCUT2D eigenvalue weighted by atomic mass is 35.5. The summed E-state index contributed by atoms with van der Waals surface area (Å²) in [5.41, 5.74) is 3.63. The number of hydrogen-bond acceptors (Lipinski definition) is 4. The highest BCUT2D eigenvalue weighted by Gasteiger charge is 2.13. The minimum Gasteiger partial charge on any atom is -0.496 e. The van der Waals surface area contributed by atoms with E-state index in [4.69, 9.17) is 26.2 Å². The smallest absolute Gasteiger partial charge is 0.307 e. The van der Waals surface area contributed by atoms with E-state index >= 15 is 0 Å². The van der Waals surface area contributed by atoms with E-state index in [1.54, 1.807) is 31.4 Å². The van der Waals surface area contributed by atoms with Gasteiger partial charge in [-0.1, -0.05) is 48.9 Å². The number of carbonyl (C=O) groups excluding carboxylic acids is 1. The molecule has 3 rings (SSSR count). The Morgan fingerprint density at radius 1 is 1.03 bits per heavy atom. The molecule has 0 bridgehead atoms.